The molecule has 5 heteroatoms. The van der Waals surface area contributed by atoms with E-state index in [1.807, 2.05) is 13.8 Å². The summed E-state index contributed by atoms with van der Waals surface area (Å²) in [6, 6.07) is 1.80. The number of carbonyl (C=O) groups is 1. The van der Waals surface area contributed by atoms with Crippen LogP contribution in [-0.2, 0) is 6.42 Å². The molecule has 88 valence electrons. The Bertz CT molecular complexity index is 368. The lowest BCUT2D eigenvalue weighted by Crippen LogP contribution is -2.26. The summed E-state index contributed by atoms with van der Waals surface area (Å²) >= 11 is 2.29. The van der Waals surface area contributed by atoms with Gasteiger partial charge in [0.2, 0.25) is 0 Å². The van der Waals surface area contributed by atoms with Crippen molar-refractivity contribution in [1.82, 2.24) is 15.5 Å². The largest absolute Gasteiger partial charge is 0.352 e. The molecule has 0 atom stereocenters. The van der Waals surface area contributed by atoms with Crippen LogP contribution in [0.4, 0.5) is 0 Å². The fraction of sp³-hybridized carbons (Fsp3) is 0.545. The number of halogens is 1. The monoisotopic (exact) mass is 333 g/mol. The van der Waals surface area contributed by atoms with Crippen molar-refractivity contribution in [3.8, 4) is 0 Å². The zero-order valence-corrected chi connectivity index (χ0v) is 11.7. The molecule has 1 aromatic heterocycles. The molecule has 16 heavy (non-hydrogen) atoms. The van der Waals surface area contributed by atoms with Gasteiger partial charge in [-0.3, -0.25) is 4.79 Å². The number of hydrogen-bond donors (Lipinski definition) is 1. The summed E-state index contributed by atoms with van der Waals surface area (Å²) in [6.45, 7) is 4.53. The Morgan fingerprint density at radius 1 is 1.50 bits per heavy atom. The highest BCUT2D eigenvalue weighted by Gasteiger charge is 2.11. The minimum atomic E-state index is -0.0419. The van der Waals surface area contributed by atoms with Crippen LogP contribution in [-0.4, -0.2) is 27.1 Å². The fourth-order valence-corrected chi connectivity index (χ4v) is 1.72. The molecule has 0 aliphatic carbocycles. The molecule has 0 bridgehead atoms. The van der Waals surface area contributed by atoms with E-state index in [4.69, 9.17) is 0 Å². The number of nitrogens with zero attached hydrogens (tertiary/aromatic N) is 2. The van der Waals surface area contributed by atoms with Crippen LogP contribution in [0.3, 0.4) is 0 Å². The molecule has 0 aromatic carbocycles. The van der Waals surface area contributed by atoms with Crippen LogP contribution in [0.5, 0.6) is 0 Å². The van der Waals surface area contributed by atoms with Crippen molar-refractivity contribution in [2.75, 3.05) is 11.0 Å². The molecule has 1 N–H and O–H groups in total. The fourth-order valence-electron chi connectivity index (χ4n) is 1.34. The third-order valence-electron chi connectivity index (χ3n) is 2.17. The molecule has 1 heterocycles. The van der Waals surface area contributed by atoms with Gasteiger partial charge in [-0.05, 0) is 25.8 Å². The minimum absolute atomic E-state index is 0.0419. The first-order valence-corrected chi connectivity index (χ1v) is 6.89. The molecule has 0 fully saturated rings. The van der Waals surface area contributed by atoms with E-state index < -0.39 is 0 Å². The van der Waals surface area contributed by atoms with E-state index in [0.717, 1.165) is 28.7 Å². The van der Waals surface area contributed by atoms with Crippen LogP contribution in [0.25, 0.3) is 0 Å². The van der Waals surface area contributed by atoms with Gasteiger partial charge < -0.3 is 5.32 Å². The van der Waals surface area contributed by atoms with Crippen molar-refractivity contribution >= 4 is 28.5 Å². The highest BCUT2D eigenvalue weighted by molar-refractivity contribution is 14.1. The van der Waals surface area contributed by atoms with Crippen LogP contribution in [0.1, 0.15) is 35.1 Å². The Hall–Kier alpha value is -0.720. The molecule has 0 radical (unpaired) electrons. The zero-order chi connectivity index (χ0) is 12.0. The van der Waals surface area contributed by atoms with Crippen LogP contribution in [0.2, 0.25) is 0 Å². The van der Waals surface area contributed by atoms with Gasteiger partial charge in [-0.25, -0.2) is 0 Å². The zero-order valence-electron chi connectivity index (χ0n) is 9.59. The second kappa shape index (κ2) is 6.78. The quantitative estimate of drug-likeness (QED) is 0.509. The molecule has 1 rings (SSSR count). The summed E-state index contributed by atoms with van der Waals surface area (Å²) < 4.78 is 1.05. The van der Waals surface area contributed by atoms with Crippen LogP contribution >= 0.6 is 22.6 Å². The van der Waals surface area contributed by atoms with Crippen molar-refractivity contribution in [2.45, 2.75) is 26.7 Å². The van der Waals surface area contributed by atoms with Gasteiger partial charge in [0, 0.05) is 11.0 Å². The molecule has 0 unspecified atom stereocenters. The van der Waals surface area contributed by atoms with Gasteiger partial charge in [0.1, 0.15) is 0 Å². The van der Waals surface area contributed by atoms with Gasteiger partial charge in [0.25, 0.3) is 5.91 Å². The second-order valence-electron chi connectivity index (χ2n) is 3.50. The molecule has 0 saturated carbocycles. The number of amides is 1. The molecular weight excluding hydrogens is 317 g/mol. The number of rotatable bonds is 5. The average Bonchev–Trinajstić information content (AvgIpc) is 2.29. The number of alkyl halides is 1. The smallest absolute Gasteiger partial charge is 0.253 e. The summed E-state index contributed by atoms with van der Waals surface area (Å²) in [5, 5.41) is 10.9. The van der Waals surface area contributed by atoms with E-state index in [1.54, 1.807) is 6.07 Å². The Kier molecular flexibility index (Phi) is 5.65. The summed E-state index contributed by atoms with van der Waals surface area (Å²) in [6.07, 6.45) is 1.72. The van der Waals surface area contributed by atoms with E-state index in [1.165, 1.54) is 0 Å². The highest BCUT2D eigenvalue weighted by Crippen LogP contribution is 2.07. The average molecular weight is 333 g/mol. The lowest BCUT2D eigenvalue weighted by atomic mass is 10.1. The normalized spacial score (nSPS) is 10.2. The van der Waals surface area contributed by atoms with Gasteiger partial charge in [-0.15, -0.1) is 0 Å². The standard InChI is InChI=1S/C11H16IN3O/c1-3-10-9(7-8(2)14-15-10)11(16)13-6-4-5-12/h7H,3-6H2,1-2H3,(H,13,16). The van der Waals surface area contributed by atoms with Crippen LogP contribution < -0.4 is 5.32 Å². The van der Waals surface area contributed by atoms with E-state index in [-0.39, 0.29) is 5.91 Å². The number of nitrogens with one attached hydrogen (secondary N) is 1. The third kappa shape index (κ3) is 3.70. The van der Waals surface area contributed by atoms with Gasteiger partial charge in [-0.1, -0.05) is 29.5 Å². The second-order valence-corrected chi connectivity index (χ2v) is 4.58. The maximum atomic E-state index is 11.9. The number of aromatic nitrogens is 2. The van der Waals surface area contributed by atoms with Crippen molar-refractivity contribution in [3.63, 3.8) is 0 Å². The minimum Gasteiger partial charge on any atom is -0.352 e. The van der Waals surface area contributed by atoms with Gasteiger partial charge in [0.05, 0.1) is 17.0 Å². The molecule has 4 nitrogen and oxygen atoms in total. The first kappa shape index (κ1) is 13.3. The Morgan fingerprint density at radius 3 is 2.88 bits per heavy atom. The van der Waals surface area contributed by atoms with Crippen molar-refractivity contribution < 1.29 is 4.79 Å². The first-order valence-electron chi connectivity index (χ1n) is 5.36. The summed E-state index contributed by atoms with van der Waals surface area (Å²) in [7, 11) is 0. The summed E-state index contributed by atoms with van der Waals surface area (Å²) in [5.41, 5.74) is 2.19. The SMILES string of the molecule is CCc1nnc(C)cc1C(=O)NCCCI. The molecular formula is C11H16IN3O. The predicted octanol–water partition coefficient (Wildman–Crippen LogP) is 1.90. The summed E-state index contributed by atoms with van der Waals surface area (Å²) in [4.78, 5) is 11.9. The van der Waals surface area contributed by atoms with E-state index in [9.17, 15) is 4.79 Å². The maximum absolute atomic E-state index is 11.9. The first-order chi connectivity index (χ1) is 7.69. The third-order valence-corrected chi connectivity index (χ3v) is 2.93. The Balaban J connectivity index is 2.76. The van der Waals surface area contributed by atoms with Gasteiger partial charge >= 0.3 is 0 Å². The van der Waals surface area contributed by atoms with Gasteiger partial charge in [-0.2, -0.15) is 10.2 Å². The van der Waals surface area contributed by atoms with Gasteiger partial charge in [0.15, 0.2) is 0 Å². The highest BCUT2D eigenvalue weighted by atomic mass is 127. The van der Waals surface area contributed by atoms with E-state index in [2.05, 4.69) is 38.1 Å². The molecule has 0 spiro atoms. The topological polar surface area (TPSA) is 54.9 Å². The van der Waals surface area contributed by atoms with Crippen LogP contribution in [0.15, 0.2) is 6.07 Å². The molecule has 1 aromatic rings. The van der Waals surface area contributed by atoms with Crippen molar-refractivity contribution in [1.29, 1.82) is 0 Å². The Morgan fingerprint density at radius 2 is 2.25 bits per heavy atom. The maximum Gasteiger partial charge on any atom is 0.253 e. The predicted molar refractivity (Wildman–Crippen MR) is 72.0 cm³/mol. The molecule has 0 aliphatic rings. The van der Waals surface area contributed by atoms with Crippen molar-refractivity contribution in [2.24, 2.45) is 0 Å². The van der Waals surface area contributed by atoms with E-state index in [0.29, 0.717) is 12.1 Å². The lowest BCUT2D eigenvalue weighted by Gasteiger charge is -2.07. The van der Waals surface area contributed by atoms with Crippen LogP contribution in [0, 0.1) is 6.92 Å². The molecule has 0 saturated heterocycles. The number of hydrogen-bond acceptors (Lipinski definition) is 3. The number of carbonyl (C=O) groups excluding carboxylic acids is 1. The Labute approximate surface area is 109 Å². The summed E-state index contributed by atoms with van der Waals surface area (Å²) in [5.74, 6) is -0.0419. The van der Waals surface area contributed by atoms with E-state index >= 15 is 0 Å². The van der Waals surface area contributed by atoms with Crippen molar-refractivity contribution in [3.05, 3.63) is 23.0 Å². The molecule has 0 aliphatic heterocycles. The lowest BCUT2D eigenvalue weighted by molar-refractivity contribution is 0.0952. The molecule has 1 amide bonds. The number of aryl methyl sites for hydroxylation is 2.